The molecule has 1 heterocycles. The third-order valence-electron chi connectivity index (χ3n) is 7.27. The quantitative estimate of drug-likeness (QED) is 0.0277. The van der Waals surface area contributed by atoms with Crippen LogP contribution >= 0.6 is 21.0 Å². The number of anilines is 4. The molecule has 2 amide bonds. The zero-order valence-corrected chi connectivity index (χ0v) is 31.8. The molecule has 0 unspecified atom stereocenters. The molecule has 0 aliphatic rings. The number of alkyl halides is 1. The van der Waals surface area contributed by atoms with Crippen molar-refractivity contribution in [3.63, 3.8) is 0 Å². The van der Waals surface area contributed by atoms with Crippen LogP contribution in [0.2, 0.25) is 0 Å². The van der Waals surface area contributed by atoms with E-state index in [0.29, 0.717) is 114 Å². The predicted octanol–water partition coefficient (Wildman–Crippen LogP) is 4.64. The molecule has 0 saturated heterocycles. The van der Waals surface area contributed by atoms with E-state index in [9.17, 15) is 9.59 Å². The van der Waals surface area contributed by atoms with E-state index in [1.54, 1.807) is 36.4 Å². The summed E-state index contributed by atoms with van der Waals surface area (Å²) in [7, 11) is 0. The van der Waals surface area contributed by atoms with Gasteiger partial charge in [-0.2, -0.15) is 15.0 Å². The van der Waals surface area contributed by atoms with Crippen LogP contribution in [0.15, 0.2) is 84.9 Å². The number of amides is 2. The lowest BCUT2D eigenvalue weighted by atomic mass is 10.1. The van der Waals surface area contributed by atoms with Gasteiger partial charge in [-0.1, -0.05) is 48.5 Å². The first kappa shape index (κ1) is 41.1. The Hall–Kier alpha value is -4.62. The Bertz CT molecular complexity index is 1640. The number of nitrogens with zero attached hydrogens (tertiary/aromatic N) is 3. The van der Waals surface area contributed by atoms with Crippen LogP contribution in [-0.4, -0.2) is 110 Å². The van der Waals surface area contributed by atoms with E-state index in [0.717, 1.165) is 10.8 Å². The van der Waals surface area contributed by atoms with Crippen molar-refractivity contribution in [1.29, 1.82) is 3.56 Å². The molecule has 0 bridgehead atoms. The second kappa shape index (κ2) is 25.4. The molecule has 0 atom stereocenters. The van der Waals surface area contributed by atoms with Gasteiger partial charge in [0, 0.05) is 47.4 Å². The molecule has 284 valence electrons. The summed E-state index contributed by atoms with van der Waals surface area (Å²) >= 11 is -0.489. The first-order valence-corrected chi connectivity index (χ1v) is 20.0. The standard InChI is InChI=1S/C37H48IN9O6/c39-38-16-21-50-25-26-51-23-19-41-34(49)31-11-13-32(14-12-31)44-37-46-35(42-17-15-29-7-3-1-4-8-29)45-36(47-37)43-20-24-53-28-27-52-22-18-40-33(48)30-9-5-2-6-10-30/h1-14,39H,15-28H2,(H,40,48)(H,41,49)(H3,42,43,44,45,46,47). The summed E-state index contributed by atoms with van der Waals surface area (Å²) < 4.78 is 30.1. The SMILES string of the molecule is N=ICCOCCOCCNC(=O)c1ccc(Nc2nc(NCCOCCOCCNC(=O)c3ccccc3)nc(NCCc3ccccc3)n2)cc1. The monoisotopic (exact) mass is 841 g/mol. The molecule has 16 heteroatoms. The van der Waals surface area contributed by atoms with Crippen molar-refractivity contribution in [3.8, 4) is 0 Å². The first-order chi connectivity index (χ1) is 26.1. The summed E-state index contributed by atoms with van der Waals surface area (Å²) in [6, 6.07) is 26.2. The number of rotatable bonds is 27. The Labute approximate surface area is 320 Å². The van der Waals surface area contributed by atoms with Crippen molar-refractivity contribution in [3.05, 3.63) is 102 Å². The summed E-state index contributed by atoms with van der Waals surface area (Å²) in [5, 5.41) is 15.4. The van der Waals surface area contributed by atoms with E-state index in [1.807, 2.05) is 36.4 Å². The number of carbonyl (C=O) groups excluding carboxylic acids is 2. The molecule has 53 heavy (non-hydrogen) atoms. The highest BCUT2D eigenvalue weighted by Crippen LogP contribution is 2.17. The van der Waals surface area contributed by atoms with Gasteiger partial charge in [0.2, 0.25) is 17.8 Å². The van der Waals surface area contributed by atoms with E-state index < -0.39 is 21.0 Å². The van der Waals surface area contributed by atoms with Gasteiger partial charge in [0.25, 0.3) is 11.8 Å². The van der Waals surface area contributed by atoms with Crippen molar-refractivity contribution in [1.82, 2.24) is 25.6 Å². The number of carbonyl (C=O) groups is 2. The summed E-state index contributed by atoms with van der Waals surface area (Å²) in [5.74, 6) is 0.785. The Morgan fingerprint density at radius 1 is 0.547 bits per heavy atom. The number of aromatic nitrogens is 3. The molecular formula is C37H48IN9O6. The van der Waals surface area contributed by atoms with Crippen molar-refractivity contribution in [2.24, 2.45) is 0 Å². The third kappa shape index (κ3) is 17.2. The molecule has 4 aromatic rings. The van der Waals surface area contributed by atoms with Crippen LogP contribution < -0.4 is 26.6 Å². The smallest absolute Gasteiger partial charge is 0.251 e. The van der Waals surface area contributed by atoms with Gasteiger partial charge in [0.15, 0.2) is 0 Å². The molecule has 0 aliphatic heterocycles. The number of ether oxygens (including phenoxy) is 4. The fraction of sp³-hybridized carbons (Fsp3) is 0.378. The van der Waals surface area contributed by atoms with Crippen molar-refractivity contribution >= 4 is 56.4 Å². The minimum absolute atomic E-state index is 0.130. The molecule has 0 spiro atoms. The van der Waals surface area contributed by atoms with E-state index in [1.165, 1.54) is 5.56 Å². The van der Waals surface area contributed by atoms with Crippen molar-refractivity contribution < 1.29 is 28.5 Å². The van der Waals surface area contributed by atoms with Crippen LogP contribution in [0.5, 0.6) is 0 Å². The molecular weight excluding hydrogens is 793 g/mol. The minimum atomic E-state index is -0.489. The number of benzene rings is 3. The average molecular weight is 842 g/mol. The molecule has 0 fully saturated rings. The number of nitrogens with one attached hydrogen (secondary N) is 6. The molecule has 0 aliphatic carbocycles. The predicted molar refractivity (Wildman–Crippen MR) is 213 cm³/mol. The fourth-order valence-corrected chi connectivity index (χ4v) is 5.16. The molecule has 6 N–H and O–H groups in total. The summed E-state index contributed by atoms with van der Waals surface area (Å²) in [5.41, 5.74) is 3.03. The summed E-state index contributed by atoms with van der Waals surface area (Å²) in [4.78, 5) is 38.3. The second-order valence-electron chi connectivity index (χ2n) is 11.2. The zero-order valence-electron chi connectivity index (χ0n) is 29.7. The van der Waals surface area contributed by atoms with Gasteiger partial charge >= 0.3 is 0 Å². The highest BCUT2D eigenvalue weighted by Gasteiger charge is 2.10. The van der Waals surface area contributed by atoms with Crippen molar-refractivity contribution in [2.45, 2.75) is 6.42 Å². The zero-order chi connectivity index (χ0) is 37.2. The Morgan fingerprint density at radius 3 is 1.62 bits per heavy atom. The van der Waals surface area contributed by atoms with Crippen LogP contribution in [0, 0.1) is 3.56 Å². The Balaban J connectivity index is 1.19. The van der Waals surface area contributed by atoms with E-state index in [-0.39, 0.29) is 11.8 Å². The maximum absolute atomic E-state index is 12.6. The van der Waals surface area contributed by atoms with Gasteiger partial charge in [-0.15, -0.1) is 0 Å². The number of hydrogen-bond donors (Lipinski definition) is 6. The molecule has 15 nitrogen and oxygen atoms in total. The molecule has 0 saturated carbocycles. The summed E-state index contributed by atoms with van der Waals surface area (Å²) in [6.45, 7) is 5.39. The highest BCUT2D eigenvalue weighted by atomic mass is 127. The van der Waals surface area contributed by atoms with Crippen LogP contribution in [-0.2, 0) is 25.4 Å². The maximum Gasteiger partial charge on any atom is 0.251 e. The number of hydrogen-bond acceptors (Lipinski definition) is 13. The Morgan fingerprint density at radius 2 is 1.04 bits per heavy atom. The van der Waals surface area contributed by atoms with Crippen LogP contribution in [0.3, 0.4) is 0 Å². The molecule has 4 rings (SSSR count). The average Bonchev–Trinajstić information content (AvgIpc) is 3.19. The van der Waals surface area contributed by atoms with Gasteiger partial charge in [0.05, 0.1) is 52.9 Å². The van der Waals surface area contributed by atoms with E-state index in [4.69, 9.17) is 22.5 Å². The van der Waals surface area contributed by atoms with Crippen LogP contribution in [0.4, 0.5) is 23.5 Å². The lowest BCUT2D eigenvalue weighted by Crippen LogP contribution is -2.27. The minimum Gasteiger partial charge on any atom is -0.378 e. The fourth-order valence-electron chi connectivity index (χ4n) is 4.63. The lowest BCUT2D eigenvalue weighted by molar-refractivity contribution is 0.0519. The first-order valence-electron chi connectivity index (χ1n) is 17.4. The Kier molecular flexibility index (Phi) is 19.7. The second-order valence-corrected chi connectivity index (χ2v) is 13.1. The van der Waals surface area contributed by atoms with Gasteiger partial charge < -0.3 is 45.5 Å². The normalized spacial score (nSPS) is 10.8. The van der Waals surface area contributed by atoms with Crippen molar-refractivity contribution in [2.75, 3.05) is 99.4 Å². The van der Waals surface area contributed by atoms with E-state index in [2.05, 4.69) is 53.7 Å². The molecule has 3 aromatic carbocycles. The lowest BCUT2D eigenvalue weighted by Gasteiger charge is -2.12. The van der Waals surface area contributed by atoms with E-state index >= 15 is 0 Å². The molecule has 0 radical (unpaired) electrons. The van der Waals surface area contributed by atoms with Gasteiger partial charge in [-0.3, -0.25) is 13.2 Å². The topological polar surface area (TPSA) is 194 Å². The third-order valence-corrected chi connectivity index (χ3v) is 8.25. The highest BCUT2D eigenvalue weighted by molar-refractivity contribution is 14.1. The van der Waals surface area contributed by atoms with Gasteiger partial charge in [-0.25, -0.2) is 0 Å². The van der Waals surface area contributed by atoms with Crippen LogP contribution in [0.1, 0.15) is 26.3 Å². The largest absolute Gasteiger partial charge is 0.378 e. The molecule has 1 aromatic heterocycles. The maximum atomic E-state index is 12.6. The van der Waals surface area contributed by atoms with Gasteiger partial charge in [0.1, 0.15) is 0 Å². The summed E-state index contributed by atoms with van der Waals surface area (Å²) in [6.07, 6.45) is 0.797. The van der Waals surface area contributed by atoms with Crippen LogP contribution in [0.25, 0.3) is 0 Å². The number of halogens is 1. The van der Waals surface area contributed by atoms with Gasteiger partial charge in [-0.05, 0) is 69.4 Å².